The Morgan fingerprint density at radius 3 is 2.83 bits per heavy atom. The van der Waals surface area contributed by atoms with Crippen molar-refractivity contribution in [3.63, 3.8) is 0 Å². The first-order valence-corrected chi connectivity index (χ1v) is 7.16. The van der Waals surface area contributed by atoms with E-state index in [1.165, 1.54) is 6.07 Å². The molecule has 1 aliphatic heterocycles. The van der Waals surface area contributed by atoms with Crippen LogP contribution < -0.4 is 0 Å². The molecule has 0 saturated carbocycles. The summed E-state index contributed by atoms with van der Waals surface area (Å²) in [6.45, 7) is 0.554. The van der Waals surface area contributed by atoms with Crippen molar-refractivity contribution in [3.05, 3.63) is 36.5 Å². The molecule has 2 aromatic rings. The third-order valence-corrected chi connectivity index (χ3v) is 3.63. The highest BCUT2D eigenvalue weighted by Crippen LogP contribution is 2.19. The third kappa shape index (κ3) is 3.34. The summed E-state index contributed by atoms with van der Waals surface area (Å²) < 4.78 is 33.2. The number of ether oxygens (including phenoxy) is 1. The lowest BCUT2D eigenvalue weighted by Crippen LogP contribution is -2.45. The van der Waals surface area contributed by atoms with Gasteiger partial charge in [-0.3, -0.25) is 9.36 Å². The number of carbonyl (C=O) groups excluding carboxylic acids is 1. The molecule has 0 bridgehead atoms. The molecule has 7 nitrogen and oxygen atoms in total. The molecule has 23 heavy (non-hydrogen) atoms. The van der Waals surface area contributed by atoms with Gasteiger partial charge in [-0.2, -0.15) is 0 Å². The summed E-state index contributed by atoms with van der Waals surface area (Å²) in [6, 6.07) is 1.90. The zero-order chi connectivity index (χ0) is 16.2. The largest absolute Gasteiger partial charge is 0.380 e. The molecule has 9 heteroatoms. The summed E-state index contributed by atoms with van der Waals surface area (Å²) in [5.41, 5.74) is 0.0291. The highest BCUT2D eigenvalue weighted by atomic mass is 19.3. The van der Waals surface area contributed by atoms with Gasteiger partial charge >= 0.3 is 0 Å². The maximum Gasteiger partial charge on any atom is 0.274 e. The van der Waals surface area contributed by atoms with Gasteiger partial charge in [0.1, 0.15) is 6.33 Å². The van der Waals surface area contributed by atoms with Crippen LogP contribution in [0.3, 0.4) is 0 Å². The standard InChI is InChI=1S/C14H15F2N5O2/c15-13(16)11-3-7-23-8-6-21(11)14(22)10-1-2-12(19-18-10)20-5-4-17-9-20/h1-2,4-5,9,11,13H,3,6-8H2. The normalized spacial score (nSPS) is 18.9. The molecule has 1 amide bonds. The van der Waals surface area contributed by atoms with Crippen LogP contribution in [0.25, 0.3) is 5.82 Å². The molecule has 2 aromatic heterocycles. The van der Waals surface area contributed by atoms with Crippen molar-refractivity contribution in [1.29, 1.82) is 0 Å². The minimum atomic E-state index is -2.63. The number of halogens is 2. The number of amides is 1. The molecule has 3 rings (SSSR count). The van der Waals surface area contributed by atoms with E-state index in [9.17, 15) is 13.6 Å². The van der Waals surface area contributed by atoms with Crippen LogP contribution >= 0.6 is 0 Å². The number of rotatable bonds is 3. The maximum absolute atomic E-state index is 13.2. The molecule has 122 valence electrons. The second-order valence-electron chi connectivity index (χ2n) is 5.05. The lowest BCUT2D eigenvalue weighted by Gasteiger charge is -2.28. The first-order chi connectivity index (χ1) is 11.2. The molecule has 1 unspecified atom stereocenters. The zero-order valence-electron chi connectivity index (χ0n) is 12.2. The summed E-state index contributed by atoms with van der Waals surface area (Å²) in [5.74, 6) is -0.0749. The molecule has 0 radical (unpaired) electrons. The Bertz CT molecular complexity index is 648. The van der Waals surface area contributed by atoms with Gasteiger partial charge in [0.15, 0.2) is 11.5 Å². The number of alkyl halides is 2. The van der Waals surface area contributed by atoms with E-state index in [0.717, 1.165) is 4.90 Å². The monoisotopic (exact) mass is 323 g/mol. The molecule has 3 heterocycles. The number of hydrogen-bond acceptors (Lipinski definition) is 5. The van der Waals surface area contributed by atoms with E-state index in [1.807, 2.05) is 0 Å². The smallest absolute Gasteiger partial charge is 0.274 e. The van der Waals surface area contributed by atoms with Crippen LogP contribution in [0.5, 0.6) is 0 Å². The molecule has 0 aromatic carbocycles. The Morgan fingerprint density at radius 1 is 1.30 bits per heavy atom. The third-order valence-electron chi connectivity index (χ3n) is 3.63. The number of imidazole rings is 1. The Morgan fingerprint density at radius 2 is 2.17 bits per heavy atom. The van der Waals surface area contributed by atoms with Gasteiger partial charge in [0.05, 0.1) is 12.6 Å². The number of aromatic nitrogens is 4. The number of nitrogens with zero attached hydrogens (tertiary/aromatic N) is 5. The van der Waals surface area contributed by atoms with Crippen LogP contribution in [-0.4, -0.2) is 62.8 Å². The first-order valence-electron chi connectivity index (χ1n) is 7.16. The average Bonchev–Trinajstić information content (AvgIpc) is 2.98. The van der Waals surface area contributed by atoms with E-state index in [4.69, 9.17) is 4.74 Å². The van der Waals surface area contributed by atoms with Crippen molar-refractivity contribution in [2.24, 2.45) is 0 Å². The lowest BCUT2D eigenvalue weighted by molar-refractivity contribution is 0.0228. The van der Waals surface area contributed by atoms with Gasteiger partial charge in [-0.15, -0.1) is 10.2 Å². The van der Waals surface area contributed by atoms with E-state index in [0.29, 0.717) is 5.82 Å². The van der Waals surface area contributed by atoms with Gasteiger partial charge in [-0.1, -0.05) is 0 Å². The topological polar surface area (TPSA) is 73.1 Å². The molecule has 0 N–H and O–H groups in total. The van der Waals surface area contributed by atoms with Gasteiger partial charge in [-0.05, 0) is 18.6 Å². The number of hydrogen-bond donors (Lipinski definition) is 0. The molecule has 1 atom stereocenters. The Balaban J connectivity index is 1.80. The molecule has 1 fully saturated rings. The summed E-state index contributed by atoms with van der Waals surface area (Å²) in [4.78, 5) is 17.5. The maximum atomic E-state index is 13.2. The second-order valence-corrected chi connectivity index (χ2v) is 5.05. The highest BCUT2D eigenvalue weighted by Gasteiger charge is 2.33. The SMILES string of the molecule is O=C(c1ccc(-n2ccnc2)nn1)N1CCOCCC1C(F)F. The molecule has 0 spiro atoms. The molecule has 0 aliphatic carbocycles. The van der Waals surface area contributed by atoms with Crippen LogP contribution in [0.1, 0.15) is 16.9 Å². The average molecular weight is 323 g/mol. The van der Waals surface area contributed by atoms with Crippen LogP contribution in [0.2, 0.25) is 0 Å². The fourth-order valence-corrected chi connectivity index (χ4v) is 2.42. The number of carbonyl (C=O) groups is 1. The van der Waals surface area contributed by atoms with E-state index in [-0.39, 0.29) is 31.9 Å². The van der Waals surface area contributed by atoms with Gasteiger partial charge in [0.25, 0.3) is 12.3 Å². The minimum absolute atomic E-state index is 0.0291. The predicted octanol–water partition coefficient (Wildman–Crippen LogP) is 1.16. The van der Waals surface area contributed by atoms with Crippen molar-refractivity contribution in [3.8, 4) is 5.82 Å². The zero-order valence-corrected chi connectivity index (χ0v) is 12.2. The molecular weight excluding hydrogens is 308 g/mol. The quantitative estimate of drug-likeness (QED) is 0.847. The van der Waals surface area contributed by atoms with Gasteiger partial charge in [-0.25, -0.2) is 13.8 Å². The molecule has 1 saturated heterocycles. The fraction of sp³-hybridized carbons (Fsp3) is 0.429. The fourth-order valence-electron chi connectivity index (χ4n) is 2.42. The minimum Gasteiger partial charge on any atom is -0.380 e. The summed E-state index contributed by atoms with van der Waals surface area (Å²) >= 11 is 0. The van der Waals surface area contributed by atoms with Crippen molar-refractivity contribution in [2.75, 3.05) is 19.8 Å². The first kappa shape index (κ1) is 15.5. The van der Waals surface area contributed by atoms with Crippen LogP contribution in [0.15, 0.2) is 30.9 Å². The van der Waals surface area contributed by atoms with Crippen LogP contribution in [0, 0.1) is 0 Å². The van der Waals surface area contributed by atoms with Gasteiger partial charge in [0.2, 0.25) is 0 Å². The van der Waals surface area contributed by atoms with Crippen LogP contribution in [0.4, 0.5) is 8.78 Å². The van der Waals surface area contributed by atoms with Crippen molar-refractivity contribution >= 4 is 5.91 Å². The lowest BCUT2D eigenvalue weighted by atomic mass is 10.1. The van der Waals surface area contributed by atoms with Crippen molar-refractivity contribution in [1.82, 2.24) is 24.6 Å². The molecular formula is C14H15F2N5O2. The Labute approximate surface area is 130 Å². The molecule has 1 aliphatic rings. The van der Waals surface area contributed by atoms with E-state index in [2.05, 4.69) is 15.2 Å². The highest BCUT2D eigenvalue weighted by molar-refractivity contribution is 5.92. The van der Waals surface area contributed by atoms with E-state index >= 15 is 0 Å². The van der Waals surface area contributed by atoms with Crippen molar-refractivity contribution in [2.45, 2.75) is 18.9 Å². The summed E-state index contributed by atoms with van der Waals surface area (Å²) in [7, 11) is 0. The second kappa shape index (κ2) is 6.78. The predicted molar refractivity (Wildman–Crippen MR) is 75.4 cm³/mol. The van der Waals surface area contributed by atoms with Crippen molar-refractivity contribution < 1.29 is 18.3 Å². The Hall–Kier alpha value is -2.42. The Kier molecular flexibility index (Phi) is 4.56. The summed E-state index contributed by atoms with van der Waals surface area (Å²) in [5, 5.41) is 7.80. The van der Waals surface area contributed by atoms with E-state index < -0.39 is 18.4 Å². The van der Waals surface area contributed by atoms with E-state index in [1.54, 1.807) is 29.4 Å². The van der Waals surface area contributed by atoms with Crippen LogP contribution in [-0.2, 0) is 4.74 Å². The van der Waals surface area contributed by atoms with Gasteiger partial charge in [0, 0.05) is 25.5 Å². The summed E-state index contributed by atoms with van der Waals surface area (Å²) in [6.07, 6.45) is 2.29. The van der Waals surface area contributed by atoms with Gasteiger partial charge < -0.3 is 9.64 Å².